The minimum absolute atomic E-state index is 0.127. The summed E-state index contributed by atoms with van der Waals surface area (Å²) in [6.45, 7) is -0.127. The van der Waals surface area contributed by atoms with Gasteiger partial charge in [0, 0.05) is 18.9 Å². The van der Waals surface area contributed by atoms with Crippen LogP contribution in [0.5, 0.6) is 0 Å². The number of sulfone groups is 1. The maximum absolute atomic E-state index is 12.3. The van der Waals surface area contributed by atoms with Gasteiger partial charge in [0.05, 0.1) is 11.3 Å². The predicted octanol–water partition coefficient (Wildman–Crippen LogP) is 1.39. The number of nitrogens with zero attached hydrogens (tertiary/aromatic N) is 3. The molecule has 0 unspecified atom stereocenters. The molecular weight excluding hydrogens is 321 g/mol. The Morgan fingerprint density at radius 2 is 1.95 bits per heavy atom. The van der Waals surface area contributed by atoms with Crippen molar-refractivity contribution in [3.63, 3.8) is 0 Å². The topological polar surface area (TPSA) is 107 Å². The Kier molecular flexibility index (Phi) is 5.49. The number of nitriles is 2. The molecule has 116 valence electrons. The monoisotopic (exact) mass is 330 g/mol. The number of pyridine rings is 1. The average Bonchev–Trinajstić information content (AvgIpc) is 2.46. The molecule has 22 heavy (non-hydrogen) atoms. The molecule has 1 heterocycles. The zero-order valence-corrected chi connectivity index (χ0v) is 11.7. The van der Waals surface area contributed by atoms with Gasteiger partial charge in [0.2, 0.25) is 0 Å². The fourth-order valence-corrected chi connectivity index (χ4v) is 2.38. The maximum atomic E-state index is 12.3. The summed E-state index contributed by atoms with van der Waals surface area (Å²) in [4.78, 5) is 3.31. The lowest BCUT2D eigenvalue weighted by molar-refractivity contribution is -0.137. The third-order valence-corrected chi connectivity index (χ3v) is 4.01. The maximum Gasteiger partial charge on any atom is 0.417 e. The van der Waals surface area contributed by atoms with Crippen LogP contribution in [-0.2, 0) is 16.0 Å². The van der Waals surface area contributed by atoms with E-state index in [9.17, 15) is 21.6 Å². The zero-order valence-electron chi connectivity index (χ0n) is 10.9. The summed E-state index contributed by atoms with van der Waals surface area (Å²) < 4.78 is 60.7. The van der Waals surface area contributed by atoms with Gasteiger partial charge in [-0.2, -0.15) is 23.7 Å². The lowest BCUT2D eigenvalue weighted by Gasteiger charge is -2.07. The first-order valence-electron chi connectivity index (χ1n) is 5.70. The summed E-state index contributed by atoms with van der Waals surface area (Å²) in [7, 11) is -3.87. The largest absolute Gasteiger partial charge is 0.417 e. The molecule has 10 heteroatoms. The Morgan fingerprint density at radius 3 is 2.41 bits per heavy atom. The smallest absolute Gasteiger partial charge is 0.388 e. The van der Waals surface area contributed by atoms with Crippen LogP contribution in [0.2, 0.25) is 0 Å². The number of alkyl halides is 3. The number of hydrogen-bond donors (Lipinski definition) is 1. The van der Waals surface area contributed by atoms with Crippen molar-refractivity contribution in [1.29, 1.82) is 10.5 Å². The molecule has 1 N–H and O–H groups in total. The second kappa shape index (κ2) is 6.91. The average molecular weight is 330 g/mol. The summed E-state index contributed by atoms with van der Waals surface area (Å²) in [5.41, 5.74) is -1.27. The minimum atomic E-state index is -4.59. The van der Waals surface area contributed by atoms with Gasteiger partial charge in [-0.1, -0.05) is 0 Å². The highest BCUT2D eigenvalue weighted by molar-refractivity contribution is 7.91. The number of rotatable bonds is 5. The first-order chi connectivity index (χ1) is 10.2. The molecule has 1 rings (SSSR count). The number of halogens is 3. The van der Waals surface area contributed by atoms with Gasteiger partial charge in [0.25, 0.3) is 0 Å². The molecule has 0 aliphatic rings. The third kappa shape index (κ3) is 4.75. The second-order valence-corrected chi connectivity index (χ2v) is 5.99. The van der Waals surface area contributed by atoms with E-state index in [2.05, 4.69) is 10.3 Å². The van der Waals surface area contributed by atoms with Crippen molar-refractivity contribution >= 4 is 9.84 Å². The lowest BCUT2D eigenvalue weighted by Crippen LogP contribution is -2.20. The molecule has 0 spiro atoms. The zero-order chi connectivity index (χ0) is 16.8. The van der Waals surface area contributed by atoms with Crippen LogP contribution in [0.15, 0.2) is 35.1 Å². The minimum Gasteiger partial charge on any atom is -0.388 e. The van der Waals surface area contributed by atoms with Gasteiger partial charge < -0.3 is 5.32 Å². The Balaban J connectivity index is 2.74. The lowest BCUT2D eigenvalue weighted by atomic mass is 10.3. The van der Waals surface area contributed by atoms with Crippen LogP contribution >= 0.6 is 0 Å². The van der Waals surface area contributed by atoms with Gasteiger partial charge >= 0.3 is 6.18 Å². The van der Waals surface area contributed by atoms with E-state index >= 15 is 0 Å². The highest BCUT2D eigenvalue weighted by atomic mass is 32.2. The van der Waals surface area contributed by atoms with E-state index < -0.39 is 32.4 Å². The van der Waals surface area contributed by atoms with Crippen molar-refractivity contribution in [2.45, 2.75) is 11.2 Å². The van der Waals surface area contributed by atoms with Gasteiger partial charge in [-0.25, -0.2) is 13.4 Å². The summed E-state index contributed by atoms with van der Waals surface area (Å²) >= 11 is 0. The molecular formula is C12H9F3N4O2S. The summed E-state index contributed by atoms with van der Waals surface area (Å²) in [5, 5.41) is 18.9. The number of hydrogen-bond acceptors (Lipinski definition) is 6. The highest BCUT2D eigenvalue weighted by Gasteiger charge is 2.31. The van der Waals surface area contributed by atoms with Gasteiger partial charge in [-0.3, -0.25) is 0 Å². The molecule has 0 fully saturated rings. The summed E-state index contributed by atoms with van der Waals surface area (Å²) in [6, 6.07) is 4.56. The molecule has 0 aromatic carbocycles. The SMILES string of the molecule is N#CC(C#N)=CNCCS(=O)(=O)c1ccc(C(F)(F)F)cn1. The van der Waals surface area contributed by atoms with E-state index in [1.54, 1.807) is 12.1 Å². The first kappa shape index (κ1) is 17.5. The standard InChI is InChI=1S/C12H9F3N4O2S/c13-12(14,15)10-1-2-11(19-8-10)22(20,21)4-3-18-7-9(5-16)6-17/h1-2,7-8,18H,3-4H2. The van der Waals surface area contributed by atoms with Crippen LogP contribution < -0.4 is 5.32 Å². The molecule has 0 amide bonds. The fraction of sp³-hybridized carbons (Fsp3) is 0.250. The fourth-order valence-electron chi connectivity index (χ4n) is 1.29. The summed E-state index contributed by atoms with van der Waals surface area (Å²) in [5.74, 6) is -0.452. The molecule has 0 bridgehead atoms. The Bertz CT molecular complexity index is 725. The molecule has 0 aliphatic heterocycles. The highest BCUT2D eigenvalue weighted by Crippen LogP contribution is 2.28. The normalized spacial score (nSPS) is 11.1. The number of allylic oxidation sites excluding steroid dienone is 1. The molecule has 0 saturated carbocycles. The van der Waals surface area contributed by atoms with Crippen molar-refractivity contribution in [2.75, 3.05) is 12.3 Å². The van der Waals surface area contributed by atoms with Crippen LogP contribution in [0.25, 0.3) is 0 Å². The van der Waals surface area contributed by atoms with E-state index in [1.807, 2.05) is 0 Å². The molecule has 0 atom stereocenters. The van der Waals surface area contributed by atoms with Crippen LogP contribution in [-0.4, -0.2) is 25.7 Å². The van der Waals surface area contributed by atoms with Gasteiger partial charge in [-0.15, -0.1) is 0 Å². The molecule has 1 aromatic heterocycles. The summed E-state index contributed by atoms with van der Waals surface area (Å²) in [6.07, 6.45) is -3.09. The van der Waals surface area contributed by atoms with Crippen molar-refractivity contribution in [2.24, 2.45) is 0 Å². The van der Waals surface area contributed by atoms with Crippen molar-refractivity contribution < 1.29 is 21.6 Å². The predicted molar refractivity (Wildman–Crippen MR) is 68.6 cm³/mol. The Hall–Kier alpha value is -2.59. The molecule has 0 radical (unpaired) electrons. The molecule has 0 saturated heterocycles. The quantitative estimate of drug-likeness (QED) is 0.646. The van der Waals surface area contributed by atoms with Crippen molar-refractivity contribution in [3.05, 3.63) is 35.7 Å². The van der Waals surface area contributed by atoms with E-state index in [0.29, 0.717) is 12.3 Å². The van der Waals surface area contributed by atoms with Crippen molar-refractivity contribution in [3.8, 4) is 12.1 Å². The second-order valence-electron chi connectivity index (χ2n) is 3.94. The van der Waals surface area contributed by atoms with Crippen molar-refractivity contribution in [1.82, 2.24) is 10.3 Å². The number of aromatic nitrogens is 1. The van der Waals surface area contributed by atoms with E-state index in [1.165, 1.54) is 0 Å². The van der Waals surface area contributed by atoms with Gasteiger partial charge in [0.1, 0.15) is 17.7 Å². The van der Waals surface area contributed by atoms with Gasteiger partial charge in [0.15, 0.2) is 14.9 Å². The van der Waals surface area contributed by atoms with Crippen LogP contribution in [0.3, 0.4) is 0 Å². The van der Waals surface area contributed by atoms with E-state index in [4.69, 9.17) is 10.5 Å². The molecule has 0 aliphatic carbocycles. The van der Waals surface area contributed by atoms with Gasteiger partial charge in [-0.05, 0) is 12.1 Å². The molecule has 1 aromatic rings. The third-order valence-electron chi connectivity index (χ3n) is 2.38. The van der Waals surface area contributed by atoms with Crippen LogP contribution in [0.4, 0.5) is 13.2 Å². The van der Waals surface area contributed by atoms with Crippen LogP contribution in [0.1, 0.15) is 5.56 Å². The number of nitrogens with one attached hydrogen (secondary N) is 1. The first-order valence-corrected chi connectivity index (χ1v) is 7.35. The Morgan fingerprint density at radius 1 is 1.32 bits per heavy atom. The Labute approximate surface area is 124 Å². The van der Waals surface area contributed by atoms with E-state index in [-0.39, 0.29) is 12.1 Å². The van der Waals surface area contributed by atoms with Crippen LogP contribution in [0, 0.1) is 22.7 Å². The molecule has 6 nitrogen and oxygen atoms in total. The van der Waals surface area contributed by atoms with E-state index in [0.717, 1.165) is 12.3 Å².